The molecule has 0 aliphatic heterocycles. The average molecular weight is 377 g/mol. The van der Waals surface area contributed by atoms with Gasteiger partial charge in [0.25, 0.3) is 0 Å². The number of hydrogen-bond acceptors (Lipinski definition) is 6. The van der Waals surface area contributed by atoms with E-state index in [0.29, 0.717) is 12.0 Å². The summed E-state index contributed by atoms with van der Waals surface area (Å²) in [4.78, 5) is 27.3. The average Bonchev–Trinajstić information content (AvgIpc) is 2.63. The maximum Gasteiger partial charge on any atom is 1.00 e. The Bertz CT molecular complexity index is 1020. The number of carbonyl (C=O) groups excluding carboxylic acids is 2. The fourth-order valence-corrected chi connectivity index (χ4v) is 2.69. The Morgan fingerprint density at radius 3 is 2.41 bits per heavy atom. The van der Waals surface area contributed by atoms with Gasteiger partial charge in [-0.2, -0.15) is 0 Å². The molecule has 6 nitrogen and oxygen atoms in total. The van der Waals surface area contributed by atoms with Gasteiger partial charge in [0.15, 0.2) is 5.75 Å². The van der Waals surface area contributed by atoms with Crippen molar-refractivity contribution < 1.29 is 58.5 Å². The number of fused-ring (bicyclic) bond motifs is 1. The molecule has 1 aromatic heterocycles. The zero-order valence-corrected chi connectivity index (χ0v) is 16.7. The number of phenols is 1. The van der Waals surface area contributed by atoms with E-state index in [-0.39, 0.29) is 57.4 Å². The van der Waals surface area contributed by atoms with E-state index in [2.05, 4.69) is 9.72 Å². The number of carboxylic acids is 1. The van der Waals surface area contributed by atoms with Crippen molar-refractivity contribution in [2.45, 2.75) is 6.42 Å². The van der Waals surface area contributed by atoms with Crippen molar-refractivity contribution in [1.29, 1.82) is 0 Å². The van der Waals surface area contributed by atoms with E-state index < -0.39 is 17.7 Å². The molecule has 1 N–H and O–H groups in total. The standard InChI is InChI=1S/C19H14FNO5.Na/c1-26-19(25)15-8-14(18(23)24)13-7-11(9-21-16(13)17(15)22)6-10-2-4-12(20)5-3-10;/h2-5,7-9,22H,6H2,1H3,(H,23,24);/q;+1/p-1. The molecule has 8 heteroatoms. The van der Waals surface area contributed by atoms with Crippen LogP contribution in [-0.2, 0) is 11.2 Å². The minimum Gasteiger partial charge on any atom is -0.545 e. The van der Waals surface area contributed by atoms with Gasteiger partial charge in [0.1, 0.15) is 16.9 Å². The molecule has 0 radical (unpaired) electrons. The molecule has 0 saturated heterocycles. The van der Waals surface area contributed by atoms with Gasteiger partial charge in [0, 0.05) is 17.1 Å². The number of esters is 1. The predicted molar refractivity (Wildman–Crippen MR) is 88.3 cm³/mol. The third-order valence-electron chi connectivity index (χ3n) is 3.95. The Morgan fingerprint density at radius 1 is 1.15 bits per heavy atom. The number of phenolic OH excluding ortho intramolecular Hbond substituents is 1. The number of aromatic nitrogens is 1. The van der Waals surface area contributed by atoms with Crippen LogP contribution in [0.5, 0.6) is 5.75 Å². The number of aromatic carboxylic acids is 1. The Kier molecular flexibility index (Phi) is 6.54. The van der Waals surface area contributed by atoms with Crippen LogP contribution in [0.1, 0.15) is 31.8 Å². The van der Waals surface area contributed by atoms with Crippen LogP contribution in [0.3, 0.4) is 0 Å². The Balaban J connectivity index is 0.00000261. The van der Waals surface area contributed by atoms with Crippen LogP contribution in [0.4, 0.5) is 4.39 Å². The third kappa shape index (κ3) is 4.27. The van der Waals surface area contributed by atoms with Gasteiger partial charge in [-0.3, -0.25) is 4.98 Å². The summed E-state index contributed by atoms with van der Waals surface area (Å²) in [5, 5.41) is 21.9. The van der Waals surface area contributed by atoms with E-state index in [1.165, 1.54) is 24.4 Å². The zero-order valence-electron chi connectivity index (χ0n) is 14.7. The molecule has 0 amide bonds. The van der Waals surface area contributed by atoms with Gasteiger partial charge in [0.2, 0.25) is 0 Å². The maximum absolute atomic E-state index is 13.0. The summed E-state index contributed by atoms with van der Waals surface area (Å²) in [7, 11) is 1.11. The first-order valence-electron chi connectivity index (χ1n) is 7.59. The molecule has 132 valence electrons. The van der Waals surface area contributed by atoms with Crippen molar-refractivity contribution >= 4 is 22.8 Å². The number of pyridine rings is 1. The first kappa shape index (κ1) is 20.8. The van der Waals surface area contributed by atoms with Crippen LogP contribution in [0.2, 0.25) is 0 Å². The Morgan fingerprint density at radius 2 is 1.81 bits per heavy atom. The van der Waals surface area contributed by atoms with Crippen LogP contribution < -0.4 is 34.7 Å². The number of methoxy groups -OCH3 is 1. The van der Waals surface area contributed by atoms with Crippen molar-refractivity contribution in [3.8, 4) is 5.75 Å². The summed E-state index contributed by atoms with van der Waals surface area (Å²) in [6.07, 6.45) is 1.83. The van der Waals surface area contributed by atoms with Gasteiger partial charge >= 0.3 is 35.5 Å². The number of nitrogens with zero attached hydrogens (tertiary/aromatic N) is 1. The molecule has 0 saturated carbocycles. The minimum atomic E-state index is -1.51. The van der Waals surface area contributed by atoms with E-state index in [9.17, 15) is 24.2 Å². The largest absolute Gasteiger partial charge is 1.00 e. The Hall–Kier alpha value is -2.48. The summed E-state index contributed by atoms with van der Waals surface area (Å²) in [6.45, 7) is 0. The third-order valence-corrected chi connectivity index (χ3v) is 3.95. The molecule has 0 aliphatic carbocycles. The molecule has 0 aliphatic rings. The second kappa shape index (κ2) is 8.47. The minimum absolute atomic E-state index is 0. The topological polar surface area (TPSA) is 99.6 Å². The van der Waals surface area contributed by atoms with Gasteiger partial charge in [-0.05, 0) is 41.8 Å². The molecule has 3 rings (SSSR count). The normalized spacial score (nSPS) is 10.3. The smallest absolute Gasteiger partial charge is 0.545 e. The van der Waals surface area contributed by atoms with Crippen LogP contribution in [0.15, 0.2) is 42.6 Å². The number of ether oxygens (including phenoxy) is 1. The van der Waals surface area contributed by atoms with Crippen LogP contribution >= 0.6 is 0 Å². The van der Waals surface area contributed by atoms with Crippen molar-refractivity contribution in [1.82, 2.24) is 4.98 Å². The molecule has 2 aromatic carbocycles. The molecule has 0 bridgehead atoms. The molecular weight excluding hydrogens is 364 g/mol. The van der Waals surface area contributed by atoms with Gasteiger partial charge in [-0.25, -0.2) is 9.18 Å². The second-order valence-electron chi connectivity index (χ2n) is 5.64. The van der Waals surface area contributed by atoms with Crippen LogP contribution in [0.25, 0.3) is 10.9 Å². The van der Waals surface area contributed by atoms with Crippen molar-refractivity contribution in [3.05, 3.63) is 70.7 Å². The number of carbonyl (C=O) groups is 2. The molecule has 0 atom stereocenters. The van der Waals surface area contributed by atoms with E-state index in [0.717, 1.165) is 18.7 Å². The van der Waals surface area contributed by atoms with Crippen molar-refractivity contribution in [3.63, 3.8) is 0 Å². The van der Waals surface area contributed by atoms with Gasteiger partial charge < -0.3 is 19.7 Å². The SMILES string of the molecule is COC(=O)c1cc(C(=O)[O-])c2cc(Cc3ccc(F)cc3)cnc2c1O.[Na+]. The molecule has 0 fully saturated rings. The fourth-order valence-electron chi connectivity index (χ4n) is 2.69. The van der Waals surface area contributed by atoms with Crippen LogP contribution in [-0.4, -0.2) is 29.1 Å². The zero-order chi connectivity index (χ0) is 18.8. The molecule has 0 spiro atoms. The summed E-state index contributed by atoms with van der Waals surface area (Å²) >= 11 is 0. The van der Waals surface area contributed by atoms with Gasteiger partial charge in [-0.15, -0.1) is 0 Å². The Labute approximate surface area is 175 Å². The summed E-state index contributed by atoms with van der Waals surface area (Å²) in [5.41, 5.74) is 0.814. The van der Waals surface area contributed by atoms with Gasteiger partial charge in [0.05, 0.1) is 13.1 Å². The maximum atomic E-state index is 13.0. The number of halogens is 1. The molecule has 1 heterocycles. The second-order valence-corrected chi connectivity index (χ2v) is 5.64. The molecule has 0 unspecified atom stereocenters. The number of aromatic hydroxyl groups is 1. The first-order chi connectivity index (χ1) is 12.4. The number of rotatable bonds is 4. The van der Waals surface area contributed by atoms with Gasteiger partial charge in [-0.1, -0.05) is 12.1 Å². The van der Waals surface area contributed by atoms with Crippen molar-refractivity contribution in [2.75, 3.05) is 7.11 Å². The van der Waals surface area contributed by atoms with E-state index >= 15 is 0 Å². The first-order valence-corrected chi connectivity index (χ1v) is 7.59. The van der Waals surface area contributed by atoms with E-state index in [4.69, 9.17) is 0 Å². The summed E-state index contributed by atoms with van der Waals surface area (Å²) < 4.78 is 17.5. The number of benzene rings is 2. The monoisotopic (exact) mass is 377 g/mol. The molecule has 27 heavy (non-hydrogen) atoms. The summed E-state index contributed by atoms with van der Waals surface area (Å²) in [6, 6.07) is 8.41. The van der Waals surface area contributed by atoms with E-state index in [1.807, 2.05) is 0 Å². The molecular formula is C19H13FNNaO5. The quantitative estimate of drug-likeness (QED) is 0.454. The fraction of sp³-hybridized carbons (Fsp3) is 0.105. The van der Waals surface area contributed by atoms with E-state index in [1.54, 1.807) is 12.1 Å². The number of carboxylic acid groups (broad SMARTS) is 1. The van der Waals surface area contributed by atoms with Crippen LogP contribution in [0, 0.1) is 5.82 Å². The summed E-state index contributed by atoms with van der Waals surface area (Å²) in [5.74, 6) is -3.22. The number of hydrogen-bond donors (Lipinski definition) is 1. The molecule has 3 aromatic rings. The predicted octanol–water partition coefficient (Wildman–Crippen LogP) is -1.18. The van der Waals surface area contributed by atoms with Crippen molar-refractivity contribution in [2.24, 2.45) is 0 Å².